The molecular weight excluding hydrogens is 254 g/mol. The monoisotopic (exact) mass is 267 g/mol. The van der Waals surface area contributed by atoms with Gasteiger partial charge in [-0.15, -0.1) is 0 Å². The highest BCUT2D eigenvalue weighted by atomic mass is 35.5. The van der Waals surface area contributed by atoms with Crippen LogP contribution < -0.4 is 9.47 Å². The van der Waals surface area contributed by atoms with Crippen LogP contribution in [-0.4, -0.2) is 37.1 Å². The highest BCUT2D eigenvalue weighted by molar-refractivity contribution is 6.32. The van der Waals surface area contributed by atoms with Crippen molar-refractivity contribution in [2.45, 2.75) is 12.8 Å². The molecule has 0 radical (unpaired) electrons. The summed E-state index contributed by atoms with van der Waals surface area (Å²) in [6.45, 7) is 2.63. The van der Waals surface area contributed by atoms with E-state index in [-0.39, 0.29) is 5.91 Å². The molecule has 0 aliphatic carbocycles. The average Bonchev–Trinajstić information content (AvgIpc) is 2.91. The minimum absolute atomic E-state index is 0.0198. The average molecular weight is 268 g/mol. The van der Waals surface area contributed by atoms with Crippen molar-refractivity contribution in [3.8, 4) is 11.5 Å². The third kappa shape index (κ3) is 2.01. The highest BCUT2D eigenvalue weighted by Crippen LogP contribution is 2.38. The Bertz CT molecular complexity index is 483. The van der Waals surface area contributed by atoms with Crippen molar-refractivity contribution >= 4 is 17.5 Å². The number of rotatable bonds is 1. The van der Waals surface area contributed by atoms with E-state index >= 15 is 0 Å². The van der Waals surface area contributed by atoms with Crippen molar-refractivity contribution in [1.82, 2.24) is 4.90 Å². The molecule has 0 aromatic heterocycles. The first-order chi connectivity index (χ1) is 8.75. The first-order valence-corrected chi connectivity index (χ1v) is 6.52. The maximum atomic E-state index is 12.3. The van der Waals surface area contributed by atoms with Gasteiger partial charge in [0.15, 0.2) is 11.5 Å². The number of nitrogens with zero attached hydrogens (tertiary/aromatic N) is 1. The second-order valence-electron chi connectivity index (χ2n) is 4.48. The zero-order valence-electron chi connectivity index (χ0n) is 9.95. The van der Waals surface area contributed by atoms with Gasteiger partial charge in [-0.05, 0) is 25.0 Å². The van der Waals surface area contributed by atoms with Crippen molar-refractivity contribution in [2.24, 2.45) is 0 Å². The lowest BCUT2D eigenvalue weighted by Gasteiger charge is -2.21. The van der Waals surface area contributed by atoms with Gasteiger partial charge < -0.3 is 14.4 Å². The van der Waals surface area contributed by atoms with Gasteiger partial charge in [-0.25, -0.2) is 0 Å². The standard InChI is InChI=1S/C13H14ClNO3/c14-10-7-9(13(16)15-3-1-2-4-15)8-11-12(10)18-6-5-17-11/h7-8H,1-6H2. The maximum Gasteiger partial charge on any atom is 0.254 e. The molecule has 0 saturated carbocycles. The van der Waals surface area contributed by atoms with Crippen LogP contribution >= 0.6 is 11.6 Å². The van der Waals surface area contributed by atoms with Crippen LogP contribution in [0.2, 0.25) is 5.02 Å². The van der Waals surface area contributed by atoms with Crippen LogP contribution in [0.4, 0.5) is 0 Å². The van der Waals surface area contributed by atoms with Gasteiger partial charge in [-0.3, -0.25) is 4.79 Å². The van der Waals surface area contributed by atoms with E-state index in [1.807, 2.05) is 4.90 Å². The molecule has 5 heteroatoms. The number of hydrogen-bond acceptors (Lipinski definition) is 3. The van der Waals surface area contributed by atoms with Gasteiger partial charge in [-0.1, -0.05) is 11.6 Å². The summed E-state index contributed by atoms with van der Waals surface area (Å²) >= 11 is 6.12. The molecule has 0 N–H and O–H groups in total. The summed E-state index contributed by atoms with van der Waals surface area (Å²) in [6, 6.07) is 3.39. The minimum atomic E-state index is 0.0198. The maximum absolute atomic E-state index is 12.3. The van der Waals surface area contributed by atoms with Crippen molar-refractivity contribution in [1.29, 1.82) is 0 Å². The van der Waals surface area contributed by atoms with Crippen LogP contribution in [0.1, 0.15) is 23.2 Å². The molecule has 0 unspecified atom stereocenters. The molecule has 1 aromatic rings. The molecule has 0 spiro atoms. The van der Waals surface area contributed by atoms with E-state index in [2.05, 4.69) is 0 Å². The van der Waals surface area contributed by atoms with Gasteiger partial charge in [0.2, 0.25) is 0 Å². The summed E-state index contributed by atoms with van der Waals surface area (Å²) < 4.78 is 10.9. The van der Waals surface area contributed by atoms with Gasteiger partial charge in [0, 0.05) is 18.7 Å². The molecule has 2 aliphatic heterocycles. The van der Waals surface area contributed by atoms with Gasteiger partial charge in [0.05, 0.1) is 5.02 Å². The Kier molecular flexibility index (Phi) is 3.04. The predicted octanol–water partition coefficient (Wildman–Crippen LogP) is 2.35. The molecule has 0 atom stereocenters. The second kappa shape index (κ2) is 4.69. The molecule has 1 amide bonds. The number of carbonyl (C=O) groups excluding carboxylic acids is 1. The SMILES string of the molecule is O=C(c1cc(Cl)c2c(c1)OCCO2)N1CCCC1. The van der Waals surface area contributed by atoms with Crippen molar-refractivity contribution < 1.29 is 14.3 Å². The molecule has 3 rings (SSSR count). The van der Waals surface area contributed by atoms with E-state index in [0.29, 0.717) is 35.3 Å². The van der Waals surface area contributed by atoms with E-state index < -0.39 is 0 Å². The summed E-state index contributed by atoms with van der Waals surface area (Å²) in [7, 11) is 0. The van der Waals surface area contributed by atoms with Gasteiger partial charge >= 0.3 is 0 Å². The quantitative estimate of drug-likeness (QED) is 0.784. The molecule has 1 fully saturated rings. The van der Waals surface area contributed by atoms with Gasteiger partial charge in [0.25, 0.3) is 5.91 Å². The van der Waals surface area contributed by atoms with Crippen LogP contribution in [0.25, 0.3) is 0 Å². The lowest BCUT2D eigenvalue weighted by Crippen LogP contribution is -2.27. The number of benzene rings is 1. The summed E-state index contributed by atoms with van der Waals surface area (Å²) in [4.78, 5) is 14.1. The van der Waals surface area contributed by atoms with E-state index in [9.17, 15) is 4.79 Å². The summed E-state index contributed by atoms with van der Waals surface area (Å²) in [5, 5.41) is 0.440. The van der Waals surface area contributed by atoms with E-state index in [4.69, 9.17) is 21.1 Å². The Hall–Kier alpha value is -1.42. The third-order valence-electron chi connectivity index (χ3n) is 3.24. The fourth-order valence-electron chi connectivity index (χ4n) is 2.34. The van der Waals surface area contributed by atoms with E-state index in [0.717, 1.165) is 25.9 Å². The smallest absolute Gasteiger partial charge is 0.254 e. The first-order valence-electron chi connectivity index (χ1n) is 6.14. The Labute approximate surface area is 110 Å². The van der Waals surface area contributed by atoms with E-state index in [1.54, 1.807) is 12.1 Å². The number of ether oxygens (including phenoxy) is 2. The summed E-state index contributed by atoms with van der Waals surface area (Å²) in [6.07, 6.45) is 2.15. The molecular formula is C13H14ClNO3. The van der Waals surface area contributed by atoms with Crippen molar-refractivity contribution in [2.75, 3.05) is 26.3 Å². The largest absolute Gasteiger partial charge is 0.486 e. The highest BCUT2D eigenvalue weighted by Gasteiger charge is 2.23. The predicted molar refractivity (Wildman–Crippen MR) is 67.6 cm³/mol. The Morgan fingerprint density at radius 3 is 2.67 bits per heavy atom. The molecule has 4 nitrogen and oxygen atoms in total. The number of amides is 1. The van der Waals surface area contributed by atoms with Crippen LogP contribution in [0, 0.1) is 0 Å². The summed E-state index contributed by atoms with van der Waals surface area (Å²) in [5.41, 5.74) is 0.575. The molecule has 96 valence electrons. The van der Waals surface area contributed by atoms with Crippen molar-refractivity contribution in [3.05, 3.63) is 22.7 Å². The Morgan fingerprint density at radius 1 is 1.17 bits per heavy atom. The Morgan fingerprint density at radius 2 is 1.89 bits per heavy atom. The minimum Gasteiger partial charge on any atom is -0.486 e. The van der Waals surface area contributed by atoms with Crippen LogP contribution in [0.5, 0.6) is 11.5 Å². The fraction of sp³-hybridized carbons (Fsp3) is 0.462. The number of hydrogen-bond donors (Lipinski definition) is 0. The number of likely N-dealkylation sites (tertiary alicyclic amines) is 1. The zero-order chi connectivity index (χ0) is 12.5. The fourth-order valence-corrected chi connectivity index (χ4v) is 2.60. The summed E-state index contributed by atoms with van der Waals surface area (Å²) in [5.74, 6) is 1.13. The third-order valence-corrected chi connectivity index (χ3v) is 3.52. The molecule has 1 saturated heterocycles. The van der Waals surface area contributed by atoms with Gasteiger partial charge in [0.1, 0.15) is 13.2 Å². The molecule has 18 heavy (non-hydrogen) atoms. The lowest BCUT2D eigenvalue weighted by atomic mass is 10.1. The second-order valence-corrected chi connectivity index (χ2v) is 4.89. The first kappa shape index (κ1) is 11.7. The van der Waals surface area contributed by atoms with E-state index in [1.165, 1.54) is 0 Å². The number of halogens is 1. The van der Waals surface area contributed by atoms with Crippen molar-refractivity contribution in [3.63, 3.8) is 0 Å². The number of fused-ring (bicyclic) bond motifs is 1. The van der Waals surface area contributed by atoms with Crippen LogP contribution in [0.3, 0.4) is 0 Å². The normalized spacial score (nSPS) is 17.9. The molecule has 1 aromatic carbocycles. The topological polar surface area (TPSA) is 38.8 Å². The molecule has 2 aliphatic rings. The van der Waals surface area contributed by atoms with Crippen LogP contribution in [0.15, 0.2) is 12.1 Å². The zero-order valence-corrected chi connectivity index (χ0v) is 10.7. The molecule has 2 heterocycles. The number of carbonyl (C=O) groups is 1. The lowest BCUT2D eigenvalue weighted by molar-refractivity contribution is 0.0791. The Balaban J connectivity index is 1.92. The molecule has 0 bridgehead atoms. The van der Waals surface area contributed by atoms with Crippen LogP contribution in [-0.2, 0) is 0 Å². The van der Waals surface area contributed by atoms with Gasteiger partial charge in [-0.2, -0.15) is 0 Å².